The van der Waals surface area contributed by atoms with Crippen molar-refractivity contribution in [3.8, 4) is 0 Å². The molecular weight excluding hydrogens is 1170 g/mol. The van der Waals surface area contributed by atoms with Gasteiger partial charge >= 0.3 is 11.9 Å². The molecule has 0 radical (unpaired) electrons. The minimum Gasteiger partial charge on any atom is -0.481 e. The van der Waals surface area contributed by atoms with E-state index in [0.29, 0.717) is 17.7 Å². The van der Waals surface area contributed by atoms with Gasteiger partial charge in [0.05, 0.1) is 18.9 Å². The molecule has 1 aromatic carbocycles. The molecular formula is C55H89N15O17S. The van der Waals surface area contributed by atoms with Crippen molar-refractivity contribution in [3.63, 3.8) is 0 Å². The number of aliphatic carboxylic acids is 2. The van der Waals surface area contributed by atoms with Crippen LogP contribution >= 0.6 is 11.8 Å². The number of rotatable bonds is 44. The third-order valence-electron chi connectivity index (χ3n) is 13.0. The van der Waals surface area contributed by atoms with E-state index in [1.165, 1.54) is 18.7 Å². The average Bonchev–Trinajstić information content (AvgIpc) is 3.61. The van der Waals surface area contributed by atoms with Crippen LogP contribution in [0.5, 0.6) is 0 Å². The molecule has 0 aromatic heterocycles. The van der Waals surface area contributed by atoms with Gasteiger partial charge in [-0.25, -0.2) is 0 Å². The molecule has 22 N–H and O–H groups in total. The summed E-state index contributed by atoms with van der Waals surface area (Å²) in [6.45, 7) is 7.41. The maximum Gasteiger partial charge on any atom is 0.322 e. The van der Waals surface area contributed by atoms with Crippen molar-refractivity contribution < 1.29 is 82.1 Å². The molecule has 0 bridgehead atoms. The number of amides is 13. The van der Waals surface area contributed by atoms with Gasteiger partial charge in [-0.15, -0.1) is 0 Å². The largest absolute Gasteiger partial charge is 0.481 e. The molecule has 0 aliphatic heterocycles. The van der Waals surface area contributed by atoms with Crippen molar-refractivity contribution in [2.75, 3.05) is 25.1 Å². The monoisotopic (exact) mass is 1260 g/mol. The van der Waals surface area contributed by atoms with Crippen LogP contribution < -0.4 is 81.8 Å². The first-order valence-electron chi connectivity index (χ1n) is 28.6. The minimum atomic E-state index is -1.77. The summed E-state index contributed by atoms with van der Waals surface area (Å²) in [6, 6.07) is -7.06. The Morgan fingerprint density at radius 2 is 0.864 bits per heavy atom. The van der Waals surface area contributed by atoms with E-state index < -0.39 is 181 Å². The molecule has 1 rings (SSSR count). The predicted octanol–water partition coefficient (Wildman–Crippen LogP) is -5.00. The summed E-state index contributed by atoms with van der Waals surface area (Å²) in [6.07, 6.45) is -1.52. The van der Waals surface area contributed by atoms with Crippen LogP contribution in [0.25, 0.3) is 0 Å². The van der Waals surface area contributed by atoms with Crippen molar-refractivity contribution in [1.82, 2.24) is 53.2 Å². The molecule has 0 aliphatic carbocycles. The predicted molar refractivity (Wildman–Crippen MR) is 320 cm³/mol. The summed E-state index contributed by atoms with van der Waals surface area (Å²) in [5, 5.41) is 42.9. The van der Waals surface area contributed by atoms with Gasteiger partial charge in [-0.1, -0.05) is 58.0 Å². The Labute approximate surface area is 514 Å². The Balaban J connectivity index is 3.58. The number of primary amides is 3. The molecule has 0 aliphatic rings. The first kappa shape index (κ1) is 77.6. The van der Waals surface area contributed by atoms with E-state index in [-0.39, 0.29) is 69.7 Å². The molecule has 33 heteroatoms. The quantitative estimate of drug-likeness (QED) is 0.0272. The smallest absolute Gasteiger partial charge is 0.322 e. The second kappa shape index (κ2) is 40.8. The van der Waals surface area contributed by atoms with E-state index in [9.17, 15) is 77.0 Å². The molecule has 0 saturated heterocycles. The second-order valence-electron chi connectivity index (χ2n) is 21.7. The standard InChI is InChI=1S/C55H89N15O17S/c1-28(2)22-36(48(80)61-27-45(76)77)67-55(87)40(26-43(60)73)70-54(86)38(24-31-12-8-7-9-13-31)68-51(83)35(16-18-44(74)75)65-49(81)33(14-10-11-20-56)64-53(85)37(23-29(3)4)66-46(78)30(5)62-52(84)39(25-42(59)72)69-50(82)34(15-17-41(58)71)63-47(79)32(57)19-21-88-6/h7-9,12-13,28-30,32-40H,10-11,14-27,56-57H2,1-6H3,(H2,58,71)(H2,59,72)(H2,60,73)(H,61,80)(H,62,84)(H,63,79)(H,64,85)(H,65,81)(H,66,78)(H,67,87)(H,68,83)(H,69,82)(H,70,86)(H,74,75)(H,76,77)/t30-,32-,33-,34-,35-,36-,37-,38-,39-,40-/m0/s1. The first-order chi connectivity index (χ1) is 41.3. The van der Waals surface area contributed by atoms with Crippen LogP contribution in [0.1, 0.15) is 117 Å². The Hall–Kier alpha value is -8.46. The number of carboxylic acid groups (broad SMARTS) is 2. The maximum absolute atomic E-state index is 14.3. The zero-order chi connectivity index (χ0) is 66.8. The van der Waals surface area contributed by atoms with E-state index >= 15 is 0 Å². The summed E-state index contributed by atoms with van der Waals surface area (Å²) < 4.78 is 0. The minimum absolute atomic E-state index is 0.00318. The molecule has 0 heterocycles. The highest BCUT2D eigenvalue weighted by molar-refractivity contribution is 7.98. The van der Waals surface area contributed by atoms with Crippen LogP contribution in [0.15, 0.2) is 30.3 Å². The van der Waals surface area contributed by atoms with Gasteiger partial charge in [-0.2, -0.15) is 11.8 Å². The van der Waals surface area contributed by atoms with Crippen molar-refractivity contribution >= 4 is 100 Å². The highest BCUT2D eigenvalue weighted by atomic mass is 32.2. The van der Waals surface area contributed by atoms with Gasteiger partial charge in [0.15, 0.2) is 0 Å². The summed E-state index contributed by atoms with van der Waals surface area (Å²) in [5.41, 5.74) is 28.3. The lowest BCUT2D eigenvalue weighted by Gasteiger charge is -2.28. The molecule has 32 nitrogen and oxygen atoms in total. The van der Waals surface area contributed by atoms with Gasteiger partial charge in [0.2, 0.25) is 76.8 Å². The van der Waals surface area contributed by atoms with Crippen LogP contribution in [0, 0.1) is 11.8 Å². The first-order valence-corrected chi connectivity index (χ1v) is 30.0. The fourth-order valence-electron chi connectivity index (χ4n) is 8.39. The normalized spacial score (nSPS) is 14.4. The van der Waals surface area contributed by atoms with E-state index in [1.807, 2.05) is 0 Å². The van der Waals surface area contributed by atoms with E-state index in [2.05, 4.69) is 53.2 Å². The highest BCUT2D eigenvalue weighted by Crippen LogP contribution is 2.13. The molecule has 10 atom stereocenters. The third kappa shape index (κ3) is 31.8. The fourth-order valence-corrected chi connectivity index (χ4v) is 8.88. The molecule has 13 amide bonds. The topological polar surface area (TPSA) is 547 Å². The number of carbonyl (C=O) groups is 15. The van der Waals surface area contributed by atoms with E-state index in [4.69, 9.17) is 33.8 Å². The Bertz CT molecular complexity index is 2580. The summed E-state index contributed by atoms with van der Waals surface area (Å²) in [4.78, 5) is 197. The molecule has 0 spiro atoms. The van der Waals surface area contributed by atoms with Gasteiger partial charge in [0.25, 0.3) is 0 Å². The Kier molecular flexibility index (Phi) is 36.0. The number of hydrogen-bond donors (Lipinski definition) is 17. The van der Waals surface area contributed by atoms with Gasteiger partial charge in [0, 0.05) is 19.3 Å². The number of hydrogen-bond acceptors (Lipinski definition) is 18. The number of unbranched alkanes of at least 4 members (excludes halogenated alkanes) is 1. The van der Waals surface area contributed by atoms with Crippen LogP contribution in [0.3, 0.4) is 0 Å². The molecule has 0 fully saturated rings. The molecule has 0 unspecified atom stereocenters. The van der Waals surface area contributed by atoms with Crippen LogP contribution in [-0.4, -0.2) is 184 Å². The molecule has 1 aromatic rings. The Morgan fingerprint density at radius 1 is 0.455 bits per heavy atom. The fraction of sp³-hybridized carbons (Fsp3) is 0.618. The van der Waals surface area contributed by atoms with Crippen LogP contribution in [-0.2, 0) is 78.3 Å². The summed E-state index contributed by atoms with van der Waals surface area (Å²) in [7, 11) is 0. The lowest BCUT2D eigenvalue weighted by atomic mass is 10.0. The number of nitrogens with two attached hydrogens (primary N) is 5. The van der Waals surface area contributed by atoms with E-state index in [1.54, 1.807) is 64.3 Å². The van der Waals surface area contributed by atoms with Gasteiger partial charge in [-0.05, 0) is 94.2 Å². The number of carboxylic acids is 2. The zero-order valence-electron chi connectivity index (χ0n) is 50.4. The number of benzene rings is 1. The lowest BCUT2D eigenvalue weighted by Crippen LogP contribution is -2.61. The van der Waals surface area contributed by atoms with Gasteiger partial charge in [-0.3, -0.25) is 71.9 Å². The summed E-state index contributed by atoms with van der Waals surface area (Å²) in [5.74, 6) is -15.7. The van der Waals surface area contributed by atoms with Crippen molar-refractivity contribution in [2.24, 2.45) is 40.5 Å². The van der Waals surface area contributed by atoms with Crippen LogP contribution in [0.2, 0.25) is 0 Å². The number of thioether (sulfide) groups is 1. The SMILES string of the molecule is CSCC[C@H](N)C(=O)N[C@@H](CCC(N)=O)C(=O)N[C@@H](CC(N)=O)C(=O)N[C@@H](C)C(=O)N[C@@H](CC(C)C)C(=O)N[C@@H](CCCCN)C(=O)N[C@@H](CCC(=O)O)C(=O)N[C@@H](Cc1ccccc1)C(=O)N[C@@H](CC(N)=O)C(=O)N[C@@H](CC(C)C)C(=O)NCC(=O)O. The average molecular weight is 1260 g/mol. The lowest BCUT2D eigenvalue weighted by molar-refractivity contribution is -0.139. The van der Waals surface area contributed by atoms with Crippen LogP contribution in [0.4, 0.5) is 0 Å². The zero-order valence-corrected chi connectivity index (χ0v) is 51.3. The van der Waals surface area contributed by atoms with Gasteiger partial charge < -0.3 is 92.0 Å². The molecule has 492 valence electrons. The summed E-state index contributed by atoms with van der Waals surface area (Å²) >= 11 is 1.42. The van der Waals surface area contributed by atoms with Crippen molar-refractivity contribution in [1.29, 1.82) is 0 Å². The number of carbonyl (C=O) groups excluding carboxylic acids is 13. The van der Waals surface area contributed by atoms with E-state index in [0.717, 1.165) is 0 Å². The van der Waals surface area contributed by atoms with Crippen molar-refractivity contribution in [2.45, 2.75) is 179 Å². The molecule has 0 saturated carbocycles. The maximum atomic E-state index is 14.3. The second-order valence-corrected chi connectivity index (χ2v) is 22.7. The molecule has 88 heavy (non-hydrogen) atoms. The Morgan fingerprint density at radius 3 is 1.33 bits per heavy atom. The highest BCUT2D eigenvalue weighted by Gasteiger charge is 2.36. The number of nitrogens with one attached hydrogen (secondary N) is 10. The van der Waals surface area contributed by atoms with Gasteiger partial charge in [0.1, 0.15) is 60.9 Å². The third-order valence-corrected chi connectivity index (χ3v) is 13.6. The van der Waals surface area contributed by atoms with Crippen molar-refractivity contribution in [3.05, 3.63) is 35.9 Å².